The lowest BCUT2D eigenvalue weighted by Crippen LogP contribution is -2.63. The summed E-state index contributed by atoms with van der Waals surface area (Å²) in [5.74, 6) is -1.82. The maximum atomic E-state index is 14.8. The van der Waals surface area contributed by atoms with E-state index in [1.54, 1.807) is 30.2 Å². The number of anilines is 1. The number of carbonyl (C=O) groups is 5. The molecule has 5 atom stereocenters. The summed E-state index contributed by atoms with van der Waals surface area (Å²) in [6, 6.07) is 7.56. The number of nitrogens with zero attached hydrogens (tertiary/aromatic N) is 7. The molecule has 4 fully saturated rings. The number of urea groups is 1. The van der Waals surface area contributed by atoms with Gasteiger partial charge in [-0.05, 0) is 93.8 Å². The summed E-state index contributed by atoms with van der Waals surface area (Å²) in [7, 11) is 3.32. The van der Waals surface area contributed by atoms with Gasteiger partial charge in [0.15, 0.2) is 0 Å². The molecule has 5 aliphatic heterocycles. The Balaban J connectivity index is 1.09. The van der Waals surface area contributed by atoms with Gasteiger partial charge in [-0.15, -0.1) is 0 Å². The first-order chi connectivity index (χ1) is 33.5. The molecule has 5 aliphatic rings. The zero-order chi connectivity index (χ0) is 50.1. The van der Waals surface area contributed by atoms with Gasteiger partial charge >= 0.3 is 12.0 Å². The van der Waals surface area contributed by atoms with Crippen molar-refractivity contribution in [3.8, 4) is 11.3 Å². The SMILES string of the molecule is C=CC(=O)N1COC2(CCN(C(=O)N(C)[C@H](C(=O)N[C@H]3C[C@H]4CN(CCO4)c4ccc5c(c4)c(c(-c4cccnc4[C@H](C)OC)n5CC)CC(C)(C)COC(=O)[C@@H]4CCCN(N4)C3=O)C(C)C)CC2)C1. The van der Waals surface area contributed by atoms with Gasteiger partial charge in [0.1, 0.15) is 24.9 Å². The van der Waals surface area contributed by atoms with Crippen molar-refractivity contribution in [3.63, 3.8) is 0 Å². The number of benzene rings is 1. The van der Waals surface area contributed by atoms with Crippen molar-refractivity contribution in [3.05, 3.63) is 60.4 Å². The minimum absolute atomic E-state index is 0.137. The van der Waals surface area contributed by atoms with Crippen LogP contribution in [0, 0.1) is 11.3 Å². The van der Waals surface area contributed by atoms with Crippen LogP contribution in [0.15, 0.2) is 49.2 Å². The maximum absolute atomic E-state index is 14.8. The van der Waals surface area contributed by atoms with Crippen molar-refractivity contribution >= 4 is 46.3 Å². The lowest BCUT2D eigenvalue weighted by molar-refractivity contribution is -0.156. The number of likely N-dealkylation sites (tertiary alicyclic amines) is 1. The third kappa shape index (κ3) is 10.4. The number of pyridine rings is 1. The normalized spacial score (nSPS) is 23.8. The van der Waals surface area contributed by atoms with Crippen molar-refractivity contribution in [2.75, 3.05) is 78.3 Å². The fraction of sp³-hybridized carbons (Fsp3) is 0.615. The molecule has 0 unspecified atom stereocenters. The molecule has 1 aromatic carbocycles. The smallest absolute Gasteiger partial charge is 0.324 e. The Morgan fingerprint density at radius 3 is 2.57 bits per heavy atom. The molecule has 1 spiro atoms. The quantitative estimate of drug-likeness (QED) is 0.216. The topological polar surface area (TPSA) is 180 Å². The van der Waals surface area contributed by atoms with E-state index in [-0.39, 0.29) is 43.7 Å². The average Bonchev–Trinajstić information content (AvgIpc) is 3.91. The van der Waals surface area contributed by atoms with Gasteiger partial charge in [-0.2, -0.15) is 0 Å². The third-order valence-electron chi connectivity index (χ3n) is 15.0. The molecule has 7 heterocycles. The van der Waals surface area contributed by atoms with Crippen LogP contribution in [0.2, 0.25) is 0 Å². The Hall–Kier alpha value is -5.56. The molecule has 380 valence electrons. The molecule has 0 saturated carbocycles. The number of ether oxygens (including phenoxy) is 4. The molecule has 70 heavy (non-hydrogen) atoms. The van der Waals surface area contributed by atoms with Crippen molar-refractivity contribution < 1.29 is 42.9 Å². The molecule has 18 nitrogen and oxygen atoms in total. The minimum Gasteiger partial charge on any atom is -0.464 e. The minimum atomic E-state index is -1.06. The van der Waals surface area contributed by atoms with Gasteiger partial charge in [-0.25, -0.2) is 10.2 Å². The van der Waals surface area contributed by atoms with Gasteiger partial charge in [0.2, 0.25) is 11.8 Å². The number of nitrogens with one attached hydrogen (secondary N) is 2. The number of methoxy groups -OCH3 is 1. The van der Waals surface area contributed by atoms with Crippen LogP contribution in [-0.2, 0) is 51.1 Å². The largest absolute Gasteiger partial charge is 0.464 e. The number of hydrazine groups is 1. The first kappa shape index (κ1) is 50.8. The number of likely N-dealkylation sites (N-methyl/N-ethyl adjacent to an activating group) is 1. The van der Waals surface area contributed by atoms with E-state index in [2.05, 4.69) is 71.8 Å². The van der Waals surface area contributed by atoms with Crippen molar-refractivity contribution in [2.45, 2.75) is 123 Å². The van der Waals surface area contributed by atoms with Crippen LogP contribution in [0.4, 0.5) is 10.5 Å². The van der Waals surface area contributed by atoms with Gasteiger partial charge in [0.25, 0.3) is 5.91 Å². The molecule has 0 aliphatic carbocycles. The Bertz CT molecular complexity index is 2450. The highest BCUT2D eigenvalue weighted by atomic mass is 16.5. The first-order valence-electron chi connectivity index (χ1n) is 25.1. The summed E-state index contributed by atoms with van der Waals surface area (Å²) in [6.45, 7) is 19.8. The number of fused-ring (bicyclic) bond motifs is 6. The van der Waals surface area contributed by atoms with Crippen LogP contribution in [0.25, 0.3) is 22.2 Å². The zero-order valence-electron chi connectivity index (χ0n) is 42.3. The zero-order valence-corrected chi connectivity index (χ0v) is 42.3. The summed E-state index contributed by atoms with van der Waals surface area (Å²) in [6.07, 6.45) is 5.20. The van der Waals surface area contributed by atoms with Gasteiger partial charge < -0.3 is 48.4 Å². The van der Waals surface area contributed by atoms with Crippen LogP contribution in [-0.4, -0.2) is 162 Å². The Morgan fingerprint density at radius 2 is 1.86 bits per heavy atom. The summed E-state index contributed by atoms with van der Waals surface area (Å²) in [5, 5.41) is 5.62. The number of piperidine rings is 1. The summed E-state index contributed by atoms with van der Waals surface area (Å²) < 4.78 is 26.8. The predicted molar refractivity (Wildman–Crippen MR) is 264 cm³/mol. The number of cyclic esters (lactones) is 1. The van der Waals surface area contributed by atoms with E-state index in [0.29, 0.717) is 84.5 Å². The molecular formula is C52H73N9O9. The highest BCUT2D eigenvalue weighted by Gasteiger charge is 2.46. The highest BCUT2D eigenvalue weighted by Crippen LogP contribution is 2.42. The summed E-state index contributed by atoms with van der Waals surface area (Å²) in [4.78, 5) is 81.8. The van der Waals surface area contributed by atoms with E-state index in [4.69, 9.17) is 23.9 Å². The molecule has 6 bridgehead atoms. The van der Waals surface area contributed by atoms with E-state index in [9.17, 15) is 24.0 Å². The van der Waals surface area contributed by atoms with Crippen LogP contribution in [0.5, 0.6) is 0 Å². The summed E-state index contributed by atoms with van der Waals surface area (Å²) in [5.41, 5.74) is 8.22. The third-order valence-corrected chi connectivity index (χ3v) is 15.0. The van der Waals surface area contributed by atoms with E-state index < -0.39 is 53.0 Å². The molecule has 3 aromatic rings. The molecule has 2 aromatic heterocycles. The molecule has 4 saturated heterocycles. The molecule has 2 N–H and O–H groups in total. The molecule has 8 rings (SSSR count). The Labute approximate surface area is 411 Å². The monoisotopic (exact) mass is 968 g/mol. The molecule has 5 amide bonds. The van der Waals surface area contributed by atoms with E-state index in [1.165, 1.54) is 16.0 Å². The van der Waals surface area contributed by atoms with Gasteiger partial charge in [0, 0.05) is 93.6 Å². The second kappa shape index (κ2) is 21.0. The lowest BCUT2D eigenvalue weighted by Gasteiger charge is -2.41. The van der Waals surface area contributed by atoms with E-state index in [1.807, 2.05) is 26.8 Å². The van der Waals surface area contributed by atoms with Crippen molar-refractivity contribution in [2.24, 2.45) is 11.3 Å². The number of amides is 5. The number of morpholine rings is 1. The van der Waals surface area contributed by atoms with Crippen LogP contribution < -0.4 is 15.6 Å². The van der Waals surface area contributed by atoms with Gasteiger partial charge in [-0.1, -0.05) is 34.3 Å². The molecular weight excluding hydrogens is 895 g/mol. The summed E-state index contributed by atoms with van der Waals surface area (Å²) >= 11 is 0. The van der Waals surface area contributed by atoms with Gasteiger partial charge in [0.05, 0.1) is 49.0 Å². The molecule has 18 heteroatoms. The fourth-order valence-corrected chi connectivity index (χ4v) is 11.1. The predicted octanol–water partition coefficient (Wildman–Crippen LogP) is 5.05. The highest BCUT2D eigenvalue weighted by molar-refractivity contribution is 5.95. The lowest BCUT2D eigenvalue weighted by atomic mass is 9.84. The van der Waals surface area contributed by atoms with Gasteiger partial charge in [-0.3, -0.25) is 29.2 Å². The number of esters is 1. The van der Waals surface area contributed by atoms with E-state index >= 15 is 0 Å². The fourth-order valence-electron chi connectivity index (χ4n) is 11.1. The number of aromatic nitrogens is 2. The Kier molecular flexibility index (Phi) is 15.3. The Morgan fingerprint density at radius 1 is 1.09 bits per heavy atom. The number of hydrogen-bond donors (Lipinski definition) is 2. The second-order valence-electron chi connectivity index (χ2n) is 20.9. The number of hydrogen-bond acceptors (Lipinski definition) is 12. The average molecular weight is 968 g/mol. The van der Waals surface area contributed by atoms with Crippen LogP contribution in [0.1, 0.15) is 91.0 Å². The number of carbonyl (C=O) groups excluding carboxylic acids is 5. The second-order valence-corrected chi connectivity index (χ2v) is 20.9. The molecule has 0 radical (unpaired) electrons. The number of aryl methyl sites for hydroxylation is 1. The number of rotatable bonds is 9. The van der Waals surface area contributed by atoms with Crippen LogP contribution in [0.3, 0.4) is 0 Å². The first-order valence-corrected chi connectivity index (χ1v) is 25.1. The maximum Gasteiger partial charge on any atom is 0.324 e. The van der Waals surface area contributed by atoms with Crippen molar-refractivity contribution in [1.82, 2.24) is 40.0 Å². The standard InChI is InChI=1S/C52H73N9O9/c1-10-43(62)59-30-52(70-32-59)18-22-57(23-19-52)50(66)56(8)45(33(3)4)47(63)54-41-27-36-29-58(24-25-68-36)35-16-17-42-38(26-35)39(46(60(42)11-2)37-14-12-20-53-44(37)34(5)67-9)28-51(6,7)31-69-49(65)40-15-13-21-61(55-40)48(41)64/h10,12,14,16-17,20,26,33-34,36,40-41,45,55H,1,11,13,15,18-19,21-25,27-32H2,2-9H3,(H,54,63)/t34-,36-,40-,41-,45-/m0/s1. The van der Waals surface area contributed by atoms with E-state index in [0.717, 1.165) is 39.1 Å². The van der Waals surface area contributed by atoms with Crippen LogP contribution >= 0.6 is 0 Å². The van der Waals surface area contributed by atoms with Crippen molar-refractivity contribution in [1.29, 1.82) is 0 Å².